The number of amides is 1. The van der Waals surface area contributed by atoms with E-state index in [2.05, 4.69) is 10.1 Å². The van der Waals surface area contributed by atoms with Gasteiger partial charge in [0.2, 0.25) is 5.91 Å². The molecular formula is C17H22F2N2O2. The fourth-order valence-electron chi connectivity index (χ4n) is 3.59. The van der Waals surface area contributed by atoms with Crippen LogP contribution >= 0.6 is 0 Å². The van der Waals surface area contributed by atoms with E-state index in [9.17, 15) is 13.6 Å². The molecule has 0 aromatic heterocycles. The number of fused-ring (bicyclic) bond motifs is 1. The van der Waals surface area contributed by atoms with E-state index in [1.165, 1.54) is 12.1 Å². The first-order valence-electron chi connectivity index (χ1n) is 8.14. The van der Waals surface area contributed by atoms with E-state index in [0.29, 0.717) is 17.4 Å². The number of ether oxygens (including phenoxy) is 1. The highest BCUT2D eigenvalue weighted by atomic mass is 19.3. The minimum atomic E-state index is -2.85. The Balaban J connectivity index is 1.58. The zero-order valence-corrected chi connectivity index (χ0v) is 13.0. The van der Waals surface area contributed by atoms with Crippen molar-refractivity contribution in [2.24, 2.45) is 11.8 Å². The van der Waals surface area contributed by atoms with Crippen molar-refractivity contribution in [3.63, 3.8) is 0 Å². The third-order valence-corrected chi connectivity index (χ3v) is 4.85. The van der Waals surface area contributed by atoms with E-state index in [1.54, 1.807) is 12.1 Å². The van der Waals surface area contributed by atoms with Gasteiger partial charge in [0, 0.05) is 13.1 Å². The van der Waals surface area contributed by atoms with Crippen molar-refractivity contribution < 1.29 is 18.3 Å². The molecule has 3 rings (SSSR count). The third kappa shape index (κ3) is 4.19. The lowest BCUT2D eigenvalue weighted by molar-refractivity contribution is -0.130. The minimum absolute atomic E-state index is 0.0622. The first-order valence-corrected chi connectivity index (χ1v) is 8.14. The zero-order chi connectivity index (χ0) is 16.2. The maximum absolute atomic E-state index is 12.5. The SMILES string of the molecule is O=C(Cc1cccc(OC(F)F)c1)N1CC[C@@H]2CNC[C@@H]2CC1. The quantitative estimate of drug-likeness (QED) is 0.924. The number of alkyl halides is 2. The summed E-state index contributed by atoms with van der Waals surface area (Å²) in [5.41, 5.74) is 0.708. The van der Waals surface area contributed by atoms with E-state index < -0.39 is 6.61 Å². The van der Waals surface area contributed by atoms with Crippen LogP contribution in [-0.2, 0) is 11.2 Å². The second kappa shape index (κ2) is 7.25. The van der Waals surface area contributed by atoms with E-state index in [1.807, 2.05) is 4.90 Å². The van der Waals surface area contributed by atoms with Crippen LogP contribution in [0.5, 0.6) is 5.75 Å². The van der Waals surface area contributed by atoms with Crippen LogP contribution in [0.3, 0.4) is 0 Å². The molecule has 2 aliphatic rings. The highest BCUT2D eigenvalue weighted by Gasteiger charge is 2.31. The Hall–Kier alpha value is -1.69. The number of benzene rings is 1. The van der Waals surface area contributed by atoms with Gasteiger partial charge >= 0.3 is 6.61 Å². The van der Waals surface area contributed by atoms with Crippen molar-refractivity contribution in [3.8, 4) is 5.75 Å². The monoisotopic (exact) mass is 324 g/mol. The Morgan fingerprint density at radius 3 is 2.61 bits per heavy atom. The van der Waals surface area contributed by atoms with E-state index in [4.69, 9.17) is 0 Å². The molecule has 2 fully saturated rings. The number of halogens is 2. The molecular weight excluding hydrogens is 302 g/mol. The molecule has 23 heavy (non-hydrogen) atoms. The van der Waals surface area contributed by atoms with Crippen molar-refractivity contribution in [2.75, 3.05) is 26.2 Å². The fourth-order valence-corrected chi connectivity index (χ4v) is 3.59. The van der Waals surface area contributed by atoms with Gasteiger partial charge in [0.1, 0.15) is 5.75 Å². The standard InChI is InChI=1S/C17H22F2N2O2/c18-17(19)23-15-3-1-2-12(8-15)9-16(22)21-6-4-13-10-20-11-14(13)5-7-21/h1-3,8,13-14,17,20H,4-7,9-11H2/t13-,14+. The molecule has 4 nitrogen and oxygen atoms in total. The van der Waals surface area contributed by atoms with E-state index >= 15 is 0 Å². The lowest BCUT2D eigenvalue weighted by Gasteiger charge is -2.21. The van der Waals surface area contributed by atoms with Gasteiger partial charge in [-0.05, 0) is 55.5 Å². The average Bonchev–Trinajstić information content (AvgIpc) is 2.85. The summed E-state index contributed by atoms with van der Waals surface area (Å²) >= 11 is 0. The molecule has 2 heterocycles. The topological polar surface area (TPSA) is 41.6 Å². The molecule has 1 N–H and O–H groups in total. The predicted molar refractivity (Wildman–Crippen MR) is 82.4 cm³/mol. The maximum Gasteiger partial charge on any atom is 0.387 e. The molecule has 1 amide bonds. The summed E-state index contributed by atoms with van der Waals surface area (Å²) in [6.07, 6.45) is 2.31. The largest absolute Gasteiger partial charge is 0.435 e. The summed E-state index contributed by atoms with van der Waals surface area (Å²) in [5, 5.41) is 3.42. The average molecular weight is 324 g/mol. The molecule has 2 aliphatic heterocycles. The predicted octanol–water partition coefficient (Wildman–Crippen LogP) is 2.29. The summed E-state index contributed by atoms with van der Waals surface area (Å²) in [6.45, 7) is 0.836. The van der Waals surface area contributed by atoms with Crippen molar-refractivity contribution >= 4 is 5.91 Å². The molecule has 2 saturated heterocycles. The smallest absolute Gasteiger partial charge is 0.387 e. The van der Waals surface area contributed by atoms with E-state index in [-0.39, 0.29) is 18.1 Å². The molecule has 6 heteroatoms. The molecule has 0 bridgehead atoms. The van der Waals surface area contributed by atoms with Crippen LogP contribution in [0.25, 0.3) is 0 Å². The van der Waals surface area contributed by atoms with Gasteiger partial charge in [-0.1, -0.05) is 12.1 Å². The molecule has 2 atom stereocenters. The van der Waals surface area contributed by atoms with Gasteiger partial charge in [-0.15, -0.1) is 0 Å². The van der Waals surface area contributed by atoms with Crippen LogP contribution in [0.1, 0.15) is 18.4 Å². The van der Waals surface area contributed by atoms with Crippen LogP contribution in [0.15, 0.2) is 24.3 Å². The number of nitrogens with zero attached hydrogens (tertiary/aromatic N) is 1. The molecule has 0 unspecified atom stereocenters. The summed E-state index contributed by atoms with van der Waals surface area (Å²) < 4.78 is 28.9. The molecule has 0 radical (unpaired) electrons. The fraction of sp³-hybridized carbons (Fsp3) is 0.588. The summed E-state index contributed by atoms with van der Waals surface area (Å²) in [6, 6.07) is 6.40. The lowest BCUT2D eigenvalue weighted by Crippen LogP contribution is -2.33. The van der Waals surface area contributed by atoms with Crippen molar-refractivity contribution in [1.29, 1.82) is 0 Å². The van der Waals surface area contributed by atoms with Gasteiger partial charge in [-0.25, -0.2) is 0 Å². The molecule has 1 aromatic rings. The number of likely N-dealkylation sites (tertiary alicyclic amines) is 1. The molecule has 0 saturated carbocycles. The number of carbonyl (C=O) groups excluding carboxylic acids is 1. The van der Waals surface area contributed by atoms with Crippen LogP contribution in [0.2, 0.25) is 0 Å². The normalized spacial score (nSPS) is 24.4. The highest BCUT2D eigenvalue weighted by Crippen LogP contribution is 2.27. The molecule has 126 valence electrons. The Morgan fingerprint density at radius 1 is 1.26 bits per heavy atom. The molecule has 0 aliphatic carbocycles. The van der Waals surface area contributed by atoms with Crippen LogP contribution in [-0.4, -0.2) is 43.6 Å². The number of nitrogens with one attached hydrogen (secondary N) is 1. The summed E-state index contributed by atoms with van der Waals surface area (Å²) in [7, 11) is 0. The van der Waals surface area contributed by atoms with Crippen LogP contribution in [0.4, 0.5) is 8.78 Å². The Bertz CT molecular complexity index is 539. The summed E-state index contributed by atoms with van der Waals surface area (Å²) in [5.74, 6) is 1.51. The van der Waals surface area contributed by atoms with Crippen molar-refractivity contribution in [3.05, 3.63) is 29.8 Å². The van der Waals surface area contributed by atoms with Gasteiger partial charge in [0.15, 0.2) is 0 Å². The Labute approximate surface area is 134 Å². The molecule has 0 spiro atoms. The van der Waals surface area contributed by atoms with Gasteiger partial charge in [0.05, 0.1) is 6.42 Å². The highest BCUT2D eigenvalue weighted by molar-refractivity contribution is 5.78. The second-order valence-corrected chi connectivity index (χ2v) is 6.34. The Kier molecular flexibility index (Phi) is 5.10. The van der Waals surface area contributed by atoms with Crippen LogP contribution < -0.4 is 10.1 Å². The van der Waals surface area contributed by atoms with Crippen molar-refractivity contribution in [1.82, 2.24) is 10.2 Å². The van der Waals surface area contributed by atoms with Gasteiger partial charge in [-0.2, -0.15) is 8.78 Å². The maximum atomic E-state index is 12.5. The lowest BCUT2D eigenvalue weighted by atomic mass is 9.92. The van der Waals surface area contributed by atoms with Crippen molar-refractivity contribution in [2.45, 2.75) is 25.9 Å². The number of carbonyl (C=O) groups is 1. The van der Waals surface area contributed by atoms with E-state index in [0.717, 1.165) is 39.0 Å². The summed E-state index contributed by atoms with van der Waals surface area (Å²) in [4.78, 5) is 14.4. The number of rotatable bonds is 4. The molecule has 1 aromatic carbocycles. The third-order valence-electron chi connectivity index (χ3n) is 4.85. The first-order chi connectivity index (χ1) is 11.1. The number of hydrogen-bond acceptors (Lipinski definition) is 3. The van der Waals surface area contributed by atoms with Gasteiger partial charge < -0.3 is 15.0 Å². The van der Waals surface area contributed by atoms with Gasteiger partial charge in [-0.3, -0.25) is 4.79 Å². The zero-order valence-electron chi connectivity index (χ0n) is 13.0. The van der Waals surface area contributed by atoms with Gasteiger partial charge in [0.25, 0.3) is 0 Å². The first kappa shape index (κ1) is 16.2. The minimum Gasteiger partial charge on any atom is -0.435 e. The Morgan fingerprint density at radius 2 is 1.96 bits per heavy atom. The number of hydrogen-bond donors (Lipinski definition) is 1. The van der Waals surface area contributed by atoms with Crippen LogP contribution in [0, 0.1) is 11.8 Å². The second-order valence-electron chi connectivity index (χ2n) is 6.34.